The first-order chi connectivity index (χ1) is 14.0. The zero-order valence-corrected chi connectivity index (χ0v) is 18.2. The Labute approximate surface area is 179 Å². The maximum atomic E-state index is 13.0. The van der Waals surface area contributed by atoms with Crippen molar-refractivity contribution >= 4 is 27.8 Å². The van der Waals surface area contributed by atoms with Crippen molar-refractivity contribution in [1.82, 2.24) is 4.90 Å². The third-order valence-corrected chi connectivity index (χ3v) is 6.01. The van der Waals surface area contributed by atoms with Crippen molar-refractivity contribution in [2.75, 3.05) is 20.2 Å². The van der Waals surface area contributed by atoms with E-state index in [9.17, 15) is 9.90 Å². The quantitative estimate of drug-likeness (QED) is 0.653. The van der Waals surface area contributed by atoms with Gasteiger partial charge in [0.05, 0.1) is 18.2 Å². The second kappa shape index (κ2) is 8.20. The summed E-state index contributed by atoms with van der Waals surface area (Å²) in [6.45, 7) is 4.78. The normalized spacial score (nSPS) is 20.6. The van der Waals surface area contributed by atoms with Gasteiger partial charge in [0, 0.05) is 23.1 Å². The fourth-order valence-electron chi connectivity index (χ4n) is 4.06. The Morgan fingerprint density at radius 1 is 1.34 bits per heavy atom. The lowest BCUT2D eigenvalue weighted by molar-refractivity contribution is 0.101. The highest BCUT2D eigenvalue weighted by atomic mass is 79.9. The zero-order chi connectivity index (χ0) is 20.5. The Bertz CT molecular complexity index is 985. The number of carbonyl (C=O) groups excluding carboxylic acids is 1. The maximum Gasteiger partial charge on any atom is 0.231 e. The van der Waals surface area contributed by atoms with Crippen LogP contribution < -0.4 is 9.47 Å². The molecule has 6 heteroatoms. The minimum absolute atomic E-state index is 0.163. The lowest BCUT2D eigenvalue weighted by Gasteiger charge is -2.31. The summed E-state index contributed by atoms with van der Waals surface area (Å²) >= 11 is 3.45. The number of carbonyl (C=O) groups is 1. The van der Waals surface area contributed by atoms with Gasteiger partial charge >= 0.3 is 0 Å². The van der Waals surface area contributed by atoms with Crippen LogP contribution in [0.4, 0.5) is 0 Å². The molecule has 2 aliphatic rings. The van der Waals surface area contributed by atoms with Gasteiger partial charge in [0.15, 0.2) is 5.76 Å². The Kier molecular flexibility index (Phi) is 5.65. The summed E-state index contributed by atoms with van der Waals surface area (Å²) in [6, 6.07) is 8.80. The summed E-state index contributed by atoms with van der Waals surface area (Å²) in [7, 11) is 1.59. The smallest absolute Gasteiger partial charge is 0.231 e. The Balaban J connectivity index is 1.67. The van der Waals surface area contributed by atoms with Crippen molar-refractivity contribution in [1.29, 1.82) is 0 Å². The molecule has 1 saturated heterocycles. The van der Waals surface area contributed by atoms with Gasteiger partial charge in [-0.1, -0.05) is 22.9 Å². The van der Waals surface area contributed by atoms with Gasteiger partial charge in [0.1, 0.15) is 17.2 Å². The second-order valence-corrected chi connectivity index (χ2v) is 8.66. The predicted octanol–water partition coefficient (Wildman–Crippen LogP) is 5.01. The number of allylic oxidation sites excluding steroid dienone is 1. The number of methoxy groups -OCH3 is 1. The Morgan fingerprint density at radius 3 is 2.93 bits per heavy atom. The number of aromatic hydroxyl groups is 1. The molecule has 0 aromatic heterocycles. The van der Waals surface area contributed by atoms with Gasteiger partial charge in [-0.15, -0.1) is 0 Å². The highest BCUT2D eigenvalue weighted by molar-refractivity contribution is 9.10. The first-order valence-corrected chi connectivity index (χ1v) is 10.6. The van der Waals surface area contributed by atoms with Crippen molar-refractivity contribution in [2.24, 2.45) is 5.92 Å². The van der Waals surface area contributed by atoms with E-state index in [1.807, 2.05) is 18.2 Å². The average Bonchev–Trinajstić information content (AvgIpc) is 3.00. The summed E-state index contributed by atoms with van der Waals surface area (Å²) < 4.78 is 12.3. The van der Waals surface area contributed by atoms with E-state index in [0.717, 1.165) is 29.5 Å². The van der Waals surface area contributed by atoms with E-state index in [4.69, 9.17) is 9.47 Å². The molecule has 2 aromatic carbocycles. The van der Waals surface area contributed by atoms with Crippen LogP contribution in [0.1, 0.15) is 41.3 Å². The lowest BCUT2D eigenvalue weighted by Crippen LogP contribution is -2.33. The van der Waals surface area contributed by atoms with Crippen LogP contribution >= 0.6 is 15.9 Å². The molecule has 5 nitrogen and oxygen atoms in total. The molecule has 1 unspecified atom stereocenters. The number of fused-ring (bicyclic) bond motifs is 1. The number of phenols is 1. The number of benzene rings is 2. The summed E-state index contributed by atoms with van der Waals surface area (Å²) in [5.74, 6) is 1.96. The number of ether oxygens (including phenoxy) is 2. The van der Waals surface area contributed by atoms with Crippen molar-refractivity contribution < 1.29 is 19.4 Å². The molecular formula is C23H24BrNO4. The molecule has 2 aromatic rings. The number of phenolic OH excluding ortho intramolecular Hbond substituents is 1. The number of hydrogen-bond donors (Lipinski definition) is 1. The summed E-state index contributed by atoms with van der Waals surface area (Å²) in [5.41, 5.74) is 1.91. The van der Waals surface area contributed by atoms with Gasteiger partial charge in [0.25, 0.3) is 0 Å². The van der Waals surface area contributed by atoms with E-state index in [-0.39, 0.29) is 17.3 Å². The molecule has 0 amide bonds. The molecule has 0 radical (unpaired) electrons. The van der Waals surface area contributed by atoms with Crippen LogP contribution in [0, 0.1) is 5.92 Å². The van der Waals surface area contributed by atoms with E-state index < -0.39 is 0 Å². The van der Waals surface area contributed by atoms with Crippen LogP contribution in [0.2, 0.25) is 0 Å². The summed E-state index contributed by atoms with van der Waals surface area (Å²) in [4.78, 5) is 15.3. The van der Waals surface area contributed by atoms with E-state index in [2.05, 4.69) is 27.8 Å². The molecule has 1 atom stereocenters. The van der Waals surface area contributed by atoms with E-state index in [0.29, 0.717) is 35.1 Å². The molecular weight excluding hydrogens is 434 g/mol. The van der Waals surface area contributed by atoms with Crippen LogP contribution in [0.25, 0.3) is 6.08 Å². The second-order valence-electron chi connectivity index (χ2n) is 7.75. The molecule has 29 heavy (non-hydrogen) atoms. The summed E-state index contributed by atoms with van der Waals surface area (Å²) in [5, 5.41) is 10.5. The molecule has 4 rings (SSSR count). The molecule has 152 valence electrons. The Hall–Kier alpha value is -2.31. The minimum Gasteiger partial charge on any atom is -0.507 e. The van der Waals surface area contributed by atoms with Crippen molar-refractivity contribution in [3.8, 4) is 17.2 Å². The van der Waals surface area contributed by atoms with Crippen LogP contribution in [0.3, 0.4) is 0 Å². The van der Waals surface area contributed by atoms with Crippen LogP contribution in [-0.4, -0.2) is 36.0 Å². The molecule has 0 aliphatic carbocycles. The van der Waals surface area contributed by atoms with Crippen LogP contribution in [0.15, 0.2) is 40.6 Å². The predicted molar refractivity (Wildman–Crippen MR) is 115 cm³/mol. The SMILES string of the molecule is COc1ccc(Br)cc1/C=C1/Oc2c(ccc(O)c2CN2CCCC(C)C2)C1=O. The largest absolute Gasteiger partial charge is 0.507 e. The minimum atomic E-state index is -0.185. The molecule has 0 saturated carbocycles. The zero-order valence-electron chi connectivity index (χ0n) is 16.6. The van der Waals surface area contributed by atoms with Crippen molar-refractivity contribution in [2.45, 2.75) is 26.3 Å². The average molecular weight is 458 g/mol. The van der Waals surface area contributed by atoms with Crippen molar-refractivity contribution in [3.63, 3.8) is 0 Å². The highest BCUT2D eigenvalue weighted by Crippen LogP contribution is 2.41. The number of piperidine rings is 1. The molecule has 1 fully saturated rings. The standard InChI is InChI=1S/C23H24BrNO4/c1-14-4-3-9-25(12-14)13-18-19(26)7-6-17-22(27)21(29-23(17)18)11-15-10-16(24)5-8-20(15)28-2/h5-8,10-11,14,26H,3-4,9,12-13H2,1-2H3/b21-11+. The van der Waals surface area contributed by atoms with E-state index in [1.165, 1.54) is 6.42 Å². The molecule has 0 spiro atoms. The summed E-state index contributed by atoms with van der Waals surface area (Å²) in [6.07, 6.45) is 4.06. The highest BCUT2D eigenvalue weighted by Gasteiger charge is 2.32. The van der Waals surface area contributed by atoms with Gasteiger partial charge in [-0.25, -0.2) is 0 Å². The third kappa shape index (κ3) is 4.05. The molecule has 0 bridgehead atoms. The molecule has 2 aliphatic heterocycles. The van der Waals surface area contributed by atoms with Gasteiger partial charge in [-0.05, 0) is 61.7 Å². The van der Waals surface area contributed by atoms with E-state index in [1.54, 1.807) is 25.3 Å². The van der Waals surface area contributed by atoms with Gasteiger partial charge in [0.2, 0.25) is 5.78 Å². The molecule has 2 heterocycles. The fourth-order valence-corrected chi connectivity index (χ4v) is 4.44. The maximum absolute atomic E-state index is 13.0. The lowest BCUT2D eigenvalue weighted by atomic mass is 9.99. The number of likely N-dealkylation sites (tertiary alicyclic amines) is 1. The number of rotatable bonds is 4. The Morgan fingerprint density at radius 2 is 2.17 bits per heavy atom. The van der Waals surface area contributed by atoms with Gasteiger partial charge in [-0.3, -0.25) is 9.69 Å². The van der Waals surface area contributed by atoms with Crippen LogP contribution in [0.5, 0.6) is 17.2 Å². The van der Waals surface area contributed by atoms with Crippen molar-refractivity contribution in [3.05, 3.63) is 57.3 Å². The fraction of sp³-hybridized carbons (Fsp3) is 0.348. The van der Waals surface area contributed by atoms with E-state index >= 15 is 0 Å². The first kappa shape index (κ1) is 20.0. The first-order valence-electron chi connectivity index (χ1n) is 9.81. The molecule has 1 N–H and O–H groups in total. The number of halogens is 1. The van der Waals surface area contributed by atoms with Gasteiger partial charge < -0.3 is 14.6 Å². The van der Waals surface area contributed by atoms with Crippen LogP contribution in [-0.2, 0) is 6.54 Å². The number of ketones is 1. The number of hydrogen-bond acceptors (Lipinski definition) is 5. The third-order valence-electron chi connectivity index (χ3n) is 5.52. The number of Topliss-reactive ketones (excluding diaryl/α,β-unsaturated/α-hetero) is 1. The number of nitrogens with zero attached hydrogens (tertiary/aromatic N) is 1. The van der Waals surface area contributed by atoms with Gasteiger partial charge in [-0.2, -0.15) is 0 Å². The topological polar surface area (TPSA) is 59.0 Å². The monoisotopic (exact) mass is 457 g/mol.